The summed E-state index contributed by atoms with van der Waals surface area (Å²) < 4.78 is 13.1. The topological polar surface area (TPSA) is 42.4 Å². The molecule has 4 nitrogen and oxygen atoms in total. The first-order valence-corrected chi connectivity index (χ1v) is 18.5. The number of furan rings is 1. The van der Waals surface area contributed by atoms with Gasteiger partial charge >= 0.3 is 0 Å². The number of para-hydroxylation sites is 1. The maximum atomic E-state index is 6.57. The summed E-state index contributed by atoms with van der Waals surface area (Å²) in [4.78, 5) is 7.57. The molecule has 9 aromatic carbocycles. The van der Waals surface area contributed by atoms with Crippen molar-refractivity contribution < 1.29 is 8.83 Å². The van der Waals surface area contributed by atoms with E-state index in [0.717, 1.165) is 66.8 Å². The molecular formula is C51H32N2O2. The van der Waals surface area contributed by atoms with Crippen LogP contribution in [0.2, 0.25) is 0 Å². The summed E-state index contributed by atoms with van der Waals surface area (Å²) >= 11 is 0. The molecule has 2 heterocycles. The van der Waals surface area contributed by atoms with E-state index in [1.54, 1.807) is 0 Å². The average molecular weight is 705 g/mol. The minimum Gasteiger partial charge on any atom is -0.456 e. The van der Waals surface area contributed by atoms with Crippen LogP contribution in [-0.2, 0) is 0 Å². The van der Waals surface area contributed by atoms with Crippen molar-refractivity contribution in [2.45, 2.75) is 0 Å². The van der Waals surface area contributed by atoms with Crippen LogP contribution < -0.4 is 4.90 Å². The molecule has 0 unspecified atom stereocenters. The van der Waals surface area contributed by atoms with Crippen molar-refractivity contribution in [3.63, 3.8) is 0 Å². The normalized spacial score (nSPS) is 11.6. The van der Waals surface area contributed by atoms with E-state index in [2.05, 4.69) is 150 Å². The molecule has 0 spiro atoms. The lowest BCUT2D eigenvalue weighted by Crippen LogP contribution is -2.11. The van der Waals surface area contributed by atoms with E-state index in [9.17, 15) is 0 Å². The van der Waals surface area contributed by atoms with Gasteiger partial charge < -0.3 is 13.7 Å². The van der Waals surface area contributed by atoms with Crippen molar-refractivity contribution in [3.8, 4) is 33.7 Å². The van der Waals surface area contributed by atoms with E-state index in [0.29, 0.717) is 11.5 Å². The SMILES string of the molecule is c1ccc(-c2cccc(N(c3ccc(-c4cc5ccccc5c5ccccc45)cc3)c3c4nc(-c5ccccc5)oc4cc4oc5ccccc5c34)c2)cc1. The maximum Gasteiger partial charge on any atom is 0.227 e. The Kier molecular flexibility index (Phi) is 7.14. The first kappa shape index (κ1) is 31.1. The standard InChI is InChI=1S/C51H32N2O2/c1-3-14-33(15-4-1)36-19-13-20-39(30-36)53(38-28-26-34(27-29-38)44-31-37-18-7-8-21-40(37)41-22-9-10-23-42(41)44)50-48-43-24-11-12-25-45(43)54-46(48)32-47-49(50)52-51(55-47)35-16-5-2-6-17-35/h1-32H. The minimum atomic E-state index is 0.560. The van der Waals surface area contributed by atoms with Gasteiger partial charge in [0.1, 0.15) is 16.7 Å². The van der Waals surface area contributed by atoms with Gasteiger partial charge in [0.05, 0.1) is 11.1 Å². The van der Waals surface area contributed by atoms with Gasteiger partial charge in [0.25, 0.3) is 0 Å². The summed E-state index contributed by atoms with van der Waals surface area (Å²) in [6, 6.07) is 68.1. The molecule has 4 heteroatoms. The molecule has 0 aliphatic rings. The molecule has 0 atom stereocenters. The fraction of sp³-hybridized carbons (Fsp3) is 0. The number of benzene rings is 9. The number of anilines is 3. The highest BCUT2D eigenvalue weighted by atomic mass is 16.4. The van der Waals surface area contributed by atoms with E-state index in [1.165, 1.54) is 27.1 Å². The van der Waals surface area contributed by atoms with Crippen molar-refractivity contribution >= 4 is 71.6 Å². The highest BCUT2D eigenvalue weighted by Gasteiger charge is 2.26. The molecule has 11 rings (SSSR count). The summed E-state index contributed by atoms with van der Waals surface area (Å²) in [7, 11) is 0. The van der Waals surface area contributed by atoms with Gasteiger partial charge in [-0.05, 0) is 92.3 Å². The second-order valence-corrected chi connectivity index (χ2v) is 13.9. The Morgan fingerprint density at radius 2 is 1.04 bits per heavy atom. The lowest BCUT2D eigenvalue weighted by Gasteiger charge is -2.27. The third kappa shape index (κ3) is 5.19. The smallest absolute Gasteiger partial charge is 0.227 e. The van der Waals surface area contributed by atoms with Crippen molar-refractivity contribution in [2.75, 3.05) is 4.90 Å². The first-order chi connectivity index (χ1) is 27.3. The molecule has 0 bridgehead atoms. The number of hydrogen-bond acceptors (Lipinski definition) is 4. The van der Waals surface area contributed by atoms with Gasteiger partial charge in [-0.25, -0.2) is 4.98 Å². The zero-order valence-electron chi connectivity index (χ0n) is 29.7. The highest BCUT2D eigenvalue weighted by molar-refractivity contribution is 6.20. The van der Waals surface area contributed by atoms with Crippen LogP contribution in [0.3, 0.4) is 0 Å². The Bertz CT molecular complexity index is 3200. The summed E-state index contributed by atoms with van der Waals surface area (Å²) in [6.45, 7) is 0. The van der Waals surface area contributed by atoms with Crippen LogP contribution >= 0.6 is 0 Å². The van der Waals surface area contributed by atoms with Crippen molar-refractivity contribution in [1.29, 1.82) is 0 Å². The molecular weight excluding hydrogens is 673 g/mol. The molecule has 0 amide bonds. The van der Waals surface area contributed by atoms with Gasteiger partial charge in [-0.1, -0.05) is 140 Å². The molecule has 258 valence electrons. The number of fused-ring (bicyclic) bond motifs is 7. The highest BCUT2D eigenvalue weighted by Crippen LogP contribution is 2.48. The third-order valence-corrected chi connectivity index (χ3v) is 10.7. The molecule has 2 aromatic heterocycles. The van der Waals surface area contributed by atoms with Gasteiger partial charge in [-0.2, -0.15) is 0 Å². The van der Waals surface area contributed by atoms with Gasteiger partial charge in [-0.15, -0.1) is 0 Å². The van der Waals surface area contributed by atoms with Crippen molar-refractivity contribution in [1.82, 2.24) is 4.98 Å². The summed E-state index contributed by atoms with van der Waals surface area (Å²) in [6.07, 6.45) is 0. The first-order valence-electron chi connectivity index (χ1n) is 18.5. The Morgan fingerprint density at radius 3 is 1.84 bits per heavy atom. The quantitative estimate of drug-likeness (QED) is 0.162. The Balaban J connectivity index is 1.18. The van der Waals surface area contributed by atoms with E-state index in [4.69, 9.17) is 13.8 Å². The largest absolute Gasteiger partial charge is 0.456 e. The number of hydrogen-bond donors (Lipinski definition) is 0. The molecule has 11 aromatic rings. The number of aromatic nitrogens is 1. The van der Waals surface area contributed by atoms with Crippen LogP contribution in [0.4, 0.5) is 17.1 Å². The van der Waals surface area contributed by atoms with Gasteiger partial charge in [0.15, 0.2) is 5.58 Å². The fourth-order valence-electron chi connectivity index (χ4n) is 8.11. The number of nitrogens with zero attached hydrogens (tertiary/aromatic N) is 2. The van der Waals surface area contributed by atoms with Gasteiger partial charge in [0, 0.05) is 28.4 Å². The lowest BCUT2D eigenvalue weighted by molar-refractivity contribution is 0.617. The second-order valence-electron chi connectivity index (χ2n) is 13.9. The van der Waals surface area contributed by atoms with Crippen LogP contribution in [0.5, 0.6) is 0 Å². The molecule has 0 aliphatic carbocycles. The van der Waals surface area contributed by atoms with E-state index < -0.39 is 0 Å². The number of rotatable bonds is 6. The molecule has 0 fully saturated rings. The molecule has 0 radical (unpaired) electrons. The minimum absolute atomic E-state index is 0.560. The van der Waals surface area contributed by atoms with Gasteiger partial charge in [0.2, 0.25) is 5.89 Å². The van der Waals surface area contributed by atoms with E-state index in [1.807, 2.05) is 48.5 Å². The van der Waals surface area contributed by atoms with Crippen molar-refractivity contribution in [3.05, 3.63) is 194 Å². The molecule has 0 saturated carbocycles. The van der Waals surface area contributed by atoms with Crippen LogP contribution in [0, 0.1) is 0 Å². The van der Waals surface area contributed by atoms with Crippen molar-refractivity contribution in [2.24, 2.45) is 0 Å². The predicted octanol–water partition coefficient (Wildman–Crippen LogP) is 14.5. The van der Waals surface area contributed by atoms with Crippen LogP contribution in [0.15, 0.2) is 203 Å². The zero-order chi connectivity index (χ0) is 36.3. The van der Waals surface area contributed by atoms with E-state index >= 15 is 0 Å². The second kappa shape index (κ2) is 12.6. The Morgan fingerprint density at radius 1 is 0.382 bits per heavy atom. The average Bonchev–Trinajstić information content (AvgIpc) is 3.86. The molecule has 0 aliphatic heterocycles. The van der Waals surface area contributed by atoms with Crippen LogP contribution in [0.1, 0.15) is 0 Å². The number of oxazole rings is 1. The van der Waals surface area contributed by atoms with Crippen LogP contribution in [-0.4, -0.2) is 4.98 Å². The summed E-state index contributed by atoms with van der Waals surface area (Å²) in [5.74, 6) is 0.560. The Labute approximate surface area is 317 Å². The van der Waals surface area contributed by atoms with Gasteiger partial charge in [-0.3, -0.25) is 0 Å². The van der Waals surface area contributed by atoms with E-state index in [-0.39, 0.29) is 0 Å². The molecule has 0 N–H and O–H groups in total. The third-order valence-electron chi connectivity index (χ3n) is 10.7. The molecule has 55 heavy (non-hydrogen) atoms. The molecule has 0 saturated heterocycles. The van der Waals surface area contributed by atoms with Crippen LogP contribution in [0.25, 0.3) is 88.3 Å². The fourth-order valence-corrected chi connectivity index (χ4v) is 8.11. The summed E-state index contributed by atoms with van der Waals surface area (Å²) in [5, 5.41) is 6.96. The summed E-state index contributed by atoms with van der Waals surface area (Å²) in [5.41, 5.74) is 11.4. The lowest BCUT2D eigenvalue weighted by atomic mass is 9.93. The predicted molar refractivity (Wildman–Crippen MR) is 227 cm³/mol. The zero-order valence-corrected chi connectivity index (χ0v) is 29.7. The monoisotopic (exact) mass is 704 g/mol. The maximum absolute atomic E-state index is 6.57. The Hall–Kier alpha value is -7.43.